The quantitative estimate of drug-likeness (QED) is 0.901. The van der Waals surface area contributed by atoms with Crippen LogP contribution in [0.2, 0.25) is 0 Å². The summed E-state index contributed by atoms with van der Waals surface area (Å²) in [6.07, 6.45) is 0.390. The smallest absolute Gasteiger partial charge is 0.228 e. The van der Waals surface area contributed by atoms with Gasteiger partial charge in [-0.05, 0) is 48.7 Å². The topological polar surface area (TPSA) is 29.1 Å². The molecule has 2 nitrogen and oxygen atoms in total. The minimum atomic E-state index is 0.0102. The number of amides is 1. The fraction of sp³-hybridized carbons (Fsp3) is 0.188. The molecule has 0 aliphatic carbocycles. The van der Waals surface area contributed by atoms with Crippen LogP contribution >= 0.6 is 15.9 Å². The second-order valence-electron chi connectivity index (χ2n) is 4.67. The molecule has 0 fully saturated rings. The Morgan fingerprint density at radius 2 is 1.79 bits per heavy atom. The number of benzene rings is 2. The van der Waals surface area contributed by atoms with E-state index in [1.54, 1.807) is 0 Å². The number of hydrogen-bond acceptors (Lipinski definition) is 1. The van der Waals surface area contributed by atoms with E-state index in [1.807, 2.05) is 56.3 Å². The Morgan fingerprint density at radius 3 is 2.47 bits per heavy atom. The highest BCUT2D eigenvalue weighted by atomic mass is 79.9. The maximum absolute atomic E-state index is 12.0. The SMILES string of the molecule is Cc1ccc(C)c(NC(=O)Cc2ccc(Br)cc2)c1. The Hall–Kier alpha value is -1.61. The van der Waals surface area contributed by atoms with Crippen molar-refractivity contribution in [2.24, 2.45) is 0 Å². The summed E-state index contributed by atoms with van der Waals surface area (Å²) in [5.41, 5.74) is 4.12. The van der Waals surface area contributed by atoms with Crippen molar-refractivity contribution in [2.75, 3.05) is 5.32 Å². The van der Waals surface area contributed by atoms with E-state index in [9.17, 15) is 4.79 Å². The average Bonchev–Trinajstić information content (AvgIpc) is 2.37. The van der Waals surface area contributed by atoms with E-state index >= 15 is 0 Å². The Labute approximate surface area is 122 Å². The summed E-state index contributed by atoms with van der Waals surface area (Å²) >= 11 is 3.38. The lowest BCUT2D eigenvalue weighted by molar-refractivity contribution is -0.115. The molecule has 1 amide bonds. The molecule has 0 heterocycles. The van der Waals surface area contributed by atoms with Crippen molar-refractivity contribution in [3.8, 4) is 0 Å². The summed E-state index contributed by atoms with van der Waals surface area (Å²) in [6.45, 7) is 4.01. The molecule has 0 spiro atoms. The molecule has 98 valence electrons. The summed E-state index contributed by atoms with van der Waals surface area (Å²) < 4.78 is 1.02. The lowest BCUT2D eigenvalue weighted by atomic mass is 10.1. The molecule has 0 bridgehead atoms. The molecule has 19 heavy (non-hydrogen) atoms. The van der Waals surface area contributed by atoms with Crippen LogP contribution in [0.25, 0.3) is 0 Å². The number of nitrogens with one attached hydrogen (secondary N) is 1. The number of hydrogen-bond donors (Lipinski definition) is 1. The molecule has 1 N–H and O–H groups in total. The Balaban J connectivity index is 2.05. The molecule has 2 aromatic carbocycles. The summed E-state index contributed by atoms with van der Waals surface area (Å²) in [7, 11) is 0. The fourth-order valence-corrected chi connectivity index (χ4v) is 2.12. The molecule has 2 rings (SSSR count). The van der Waals surface area contributed by atoms with Crippen molar-refractivity contribution in [2.45, 2.75) is 20.3 Å². The molecule has 0 aliphatic heterocycles. The monoisotopic (exact) mass is 317 g/mol. The molecule has 3 heteroatoms. The van der Waals surface area contributed by atoms with Crippen molar-refractivity contribution < 1.29 is 4.79 Å². The number of rotatable bonds is 3. The first-order valence-electron chi connectivity index (χ1n) is 6.16. The van der Waals surface area contributed by atoms with Gasteiger partial charge in [0.15, 0.2) is 0 Å². The maximum Gasteiger partial charge on any atom is 0.228 e. The highest BCUT2D eigenvalue weighted by Gasteiger charge is 2.06. The van der Waals surface area contributed by atoms with E-state index in [2.05, 4.69) is 21.2 Å². The van der Waals surface area contributed by atoms with Crippen LogP contribution in [-0.2, 0) is 11.2 Å². The van der Waals surface area contributed by atoms with E-state index in [0.717, 1.165) is 26.9 Å². The van der Waals surface area contributed by atoms with Gasteiger partial charge >= 0.3 is 0 Å². The van der Waals surface area contributed by atoms with Gasteiger partial charge < -0.3 is 5.32 Å². The lowest BCUT2D eigenvalue weighted by Crippen LogP contribution is -2.15. The van der Waals surface area contributed by atoms with Gasteiger partial charge in [-0.25, -0.2) is 0 Å². The lowest BCUT2D eigenvalue weighted by Gasteiger charge is -2.09. The first kappa shape index (κ1) is 13.8. The minimum Gasteiger partial charge on any atom is -0.326 e. The Morgan fingerprint density at radius 1 is 1.11 bits per heavy atom. The van der Waals surface area contributed by atoms with Crippen LogP contribution in [0.5, 0.6) is 0 Å². The predicted molar refractivity (Wildman–Crippen MR) is 82.4 cm³/mol. The van der Waals surface area contributed by atoms with Gasteiger partial charge in [0, 0.05) is 10.2 Å². The van der Waals surface area contributed by atoms with Gasteiger partial charge in [-0.15, -0.1) is 0 Å². The number of carbonyl (C=O) groups excluding carboxylic acids is 1. The van der Waals surface area contributed by atoms with Crippen LogP contribution in [0.15, 0.2) is 46.9 Å². The number of anilines is 1. The van der Waals surface area contributed by atoms with Gasteiger partial charge in [0.25, 0.3) is 0 Å². The van der Waals surface area contributed by atoms with Gasteiger partial charge in [0.05, 0.1) is 6.42 Å². The predicted octanol–water partition coefficient (Wildman–Crippen LogP) is 4.25. The van der Waals surface area contributed by atoms with Crippen LogP contribution < -0.4 is 5.32 Å². The van der Waals surface area contributed by atoms with Crippen LogP contribution in [0.1, 0.15) is 16.7 Å². The zero-order valence-electron chi connectivity index (χ0n) is 11.0. The normalized spacial score (nSPS) is 10.3. The highest BCUT2D eigenvalue weighted by Crippen LogP contribution is 2.17. The molecule has 2 aromatic rings. The zero-order valence-corrected chi connectivity index (χ0v) is 12.6. The van der Waals surface area contributed by atoms with Crippen molar-refractivity contribution in [1.82, 2.24) is 0 Å². The Kier molecular flexibility index (Phi) is 4.38. The van der Waals surface area contributed by atoms with E-state index in [1.165, 1.54) is 0 Å². The summed E-state index contributed by atoms with van der Waals surface area (Å²) in [5.74, 6) is 0.0102. The zero-order chi connectivity index (χ0) is 13.8. The van der Waals surface area contributed by atoms with Gasteiger partial charge in [-0.1, -0.05) is 40.2 Å². The first-order chi connectivity index (χ1) is 9.04. The maximum atomic E-state index is 12.0. The fourth-order valence-electron chi connectivity index (χ4n) is 1.85. The van der Waals surface area contributed by atoms with Gasteiger partial charge in [-0.2, -0.15) is 0 Å². The third-order valence-corrected chi connectivity index (χ3v) is 3.47. The van der Waals surface area contributed by atoms with Gasteiger partial charge in [-0.3, -0.25) is 4.79 Å². The molecule has 0 radical (unpaired) electrons. The van der Waals surface area contributed by atoms with E-state index in [-0.39, 0.29) is 5.91 Å². The largest absolute Gasteiger partial charge is 0.326 e. The van der Waals surface area contributed by atoms with Gasteiger partial charge in [0.1, 0.15) is 0 Å². The van der Waals surface area contributed by atoms with Crippen molar-refractivity contribution in [3.63, 3.8) is 0 Å². The molecule has 0 aromatic heterocycles. The van der Waals surface area contributed by atoms with E-state index < -0.39 is 0 Å². The molecule has 0 atom stereocenters. The van der Waals surface area contributed by atoms with Crippen LogP contribution in [0.4, 0.5) is 5.69 Å². The standard InChI is InChI=1S/C16H16BrNO/c1-11-3-4-12(2)15(9-11)18-16(19)10-13-5-7-14(17)8-6-13/h3-9H,10H2,1-2H3,(H,18,19). The Bertz CT molecular complexity index is 590. The van der Waals surface area contributed by atoms with Crippen molar-refractivity contribution in [1.29, 1.82) is 0 Å². The van der Waals surface area contributed by atoms with Crippen molar-refractivity contribution >= 4 is 27.5 Å². The van der Waals surface area contributed by atoms with Crippen LogP contribution in [0, 0.1) is 13.8 Å². The second kappa shape index (κ2) is 6.02. The van der Waals surface area contributed by atoms with Crippen molar-refractivity contribution in [3.05, 3.63) is 63.6 Å². The number of aryl methyl sites for hydroxylation is 2. The van der Waals surface area contributed by atoms with Crippen LogP contribution in [-0.4, -0.2) is 5.91 Å². The third kappa shape index (κ3) is 3.93. The molecule has 0 saturated carbocycles. The van der Waals surface area contributed by atoms with Crippen LogP contribution in [0.3, 0.4) is 0 Å². The van der Waals surface area contributed by atoms with E-state index in [0.29, 0.717) is 6.42 Å². The molecule has 0 saturated heterocycles. The second-order valence-corrected chi connectivity index (χ2v) is 5.59. The summed E-state index contributed by atoms with van der Waals surface area (Å²) in [4.78, 5) is 12.0. The number of carbonyl (C=O) groups is 1. The summed E-state index contributed by atoms with van der Waals surface area (Å²) in [6, 6.07) is 13.8. The summed E-state index contributed by atoms with van der Waals surface area (Å²) in [5, 5.41) is 2.96. The molecular weight excluding hydrogens is 302 g/mol. The van der Waals surface area contributed by atoms with E-state index in [4.69, 9.17) is 0 Å². The number of halogens is 1. The molecule has 0 unspecified atom stereocenters. The first-order valence-corrected chi connectivity index (χ1v) is 6.95. The highest BCUT2D eigenvalue weighted by molar-refractivity contribution is 9.10. The third-order valence-electron chi connectivity index (χ3n) is 2.95. The average molecular weight is 318 g/mol. The molecular formula is C16H16BrNO. The molecule has 0 aliphatic rings. The minimum absolute atomic E-state index is 0.0102. The van der Waals surface area contributed by atoms with Gasteiger partial charge in [0.2, 0.25) is 5.91 Å².